The molecule has 0 bridgehead atoms. The van der Waals surface area contributed by atoms with Gasteiger partial charge in [0.2, 0.25) is 0 Å². The number of ether oxygens (including phenoxy) is 3. The van der Waals surface area contributed by atoms with Crippen LogP contribution in [0.1, 0.15) is 49.7 Å². The highest BCUT2D eigenvalue weighted by molar-refractivity contribution is 6.35. The number of dihydropyridines is 1. The molecule has 0 aromatic heterocycles. The van der Waals surface area contributed by atoms with Crippen molar-refractivity contribution in [2.45, 2.75) is 38.5 Å². The van der Waals surface area contributed by atoms with Gasteiger partial charge in [0.05, 0.1) is 26.4 Å². The number of benzene rings is 2. The summed E-state index contributed by atoms with van der Waals surface area (Å²) in [6.45, 7) is 3.79. The highest BCUT2D eigenvalue weighted by atomic mass is 35.5. The van der Waals surface area contributed by atoms with Crippen LogP contribution >= 0.6 is 23.2 Å². The lowest BCUT2D eigenvalue weighted by Gasteiger charge is -2.37. The number of hydrogen-bond acceptors (Lipinski definition) is 6. The van der Waals surface area contributed by atoms with Crippen LogP contribution in [0.4, 0.5) is 0 Å². The molecule has 0 spiro atoms. The first-order valence-electron chi connectivity index (χ1n) is 11.4. The molecule has 1 aliphatic heterocycles. The molecule has 1 N–H and O–H groups in total. The van der Waals surface area contributed by atoms with Gasteiger partial charge in [0.1, 0.15) is 0 Å². The van der Waals surface area contributed by atoms with E-state index in [0.29, 0.717) is 50.4 Å². The lowest BCUT2D eigenvalue weighted by Crippen LogP contribution is -2.36. The molecule has 4 rings (SSSR count). The quantitative estimate of drug-likeness (QED) is 0.480. The summed E-state index contributed by atoms with van der Waals surface area (Å²) in [6, 6.07) is 10.8. The van der Waals surface area contributed by atoms with Crippen LogP contribution in [0.5, 0.6) is 11.5 Å². The molecule has 2 aliphatic rings. The Morgan fingerprint density at radius 1 is 1.06 bits per heavy atom. The summed E-state index contributed by atoms with van der Waals surface area (Å²) in [7, 11) is 3.17. The zero-order chi connectivity index (χ0) is 25.3. The van der Waals surface area contributed by atoms with E-state index in [1.165, 1.54) is 0 Å². The van der Waals surface area contributed by atoms with Crippen molar-refractivity contribution in [3.8, 4) is 11.5 Å². The van der Waals surface area contributed by atoms with Gasteiger partial charge in [0.15, 0.2) is 17.3 Å². The van der Waals surface area contributed by atoms with Gasteiger partial charge in [-0.25, -0.2) is 4.79 Å². The molecule has 35 heavy (non-hydrogen) atoms. The molecule has 184 valence electrons. The number of carbonyl (C=O) groups is 2. The van der Waals surface area contributed by atoms with Gasteiger partial charge < -0.3 is 19.5 Å². The summed E-state index contributed by atoms with van der Waals surface area (Å²) in [5, 5.41) is 4.20. The largest absolute Gasteiger partial charge is 0.493 e. The van der Waals surface area contributed by atoms with Crippen LogP contribution in [0, 0.1) is 0 Å². The molecule has 0 fully saturated rings. The summed E-state index contributed by atoms with van der Waals surface area (Å²) >= 11 is 12.7. The van der Waals surface area contributed by atoms with Gasteiger partial charge in [0, 0.05) is 39.4 Å². The number of halogens is 2. The van der Waals surface area contributed by atoms with Gasteiger partial charge in [-0.05, 0) is 61.6 Å². The summed E-state index contributed by atoms with van der Waals surface area (Å²) in [4.78, 5) is 26.7. The van der Waals surface area contributed by atoms with Crippen LogP contribution in [0.3, 0.4) is 0 Å². The zero-order valence-electron chi connectivity index (χ0n) is 20.0. The number of allylic oxidation sites excluding steroid dienone is 3. The lowest BCUT2D eigenvalue weighted by molar-refractivity contribution is -0.138. The van der Waals surface area contributed by atoms with E-state index in [-0.39, 0.29) is 24.7 Å². The number of nitrogens with one attached hydrogen (secondary N) is 1. The molecule has 6 nitrogen and oxygen atoms in total. The summed E-state index contributed by atoms with van der Waals surface area (Å²) in [6.07, 6.45) is 0.874. The first-order chi connectivity index (χ1) is 16.8. The van der Waals surface area contributed by atoms with Crippen molar-refractivity contribution in [1.82, 2.24) is 5.32 Å². The summed E-state index contributed by atoms with van der Waals surface area (Å²) in [5.74, 6) is 0.00389. The molecule has 2 atom stereocenters. The number of methoxy groups -OCH3 is 2. The van der Waals surface area contributed by atoms with Gasteiger partial charge >= 0.3 is 5.97 Å². The molecule has 0 radical (unpaired) electrons. The van der Waals surface area contributed by atoms with Gasteiger partial charge in [-0.1, -0.05) is 35.3 Å². The molecule has 0 saturated carbocycles. The van der Waals surface area contributed by atoms with E-state index < -0.39 is 11.9 Å². The SMILES string of the molecule is CCOC(=O)C1=C(C)NC2=C(C(=O)C[C@@H](c3ccc(OC)c(OC)c3)C2)[C@H]1c1ccc(Cl)cc1Cl. The average molecular weight is 516 g/mol. The molecule has 2 aromatic rings. The standard InChI is InChI=1S/C27H27Cl2NO5/c1-5-35-27(32)24-14(2)30-20-10-16(15-6-9-22(33-3)23(12-15)34-4)11-21(31)26(20)25(24)18-8-7-17(28)13-19(18)29/h6-9,12-13,16,25,30H,5,10-11H2,1-4H3/t16-,25-/m0/s1. The number of hydrogen-bond donors (Lipinski definition) is 1. The Kier molecular flexibility index (Phi) is 7.43. The Labute approximate surface area is 214 Å². The maximum Gasteiger partial charge on any atom is 0.336 e. The van der Waals surface area contributed by atoms with Gasteiger partial charge in [-0.15, -0.1) is 0 Å². The maximum atomic E-state index is 13.7. The first-order valence-corrected chi connectivity index (χ1v) is 12.1. The highest BCUT2D eigenvalue weighted by Gasteiger charge is 2.42. The van der Waals surface area contributed by atoms with E-state index in [9.17, 15) is 9.59 Å². The molecule has 0 amide bonds. The van der Waals surface area contributed by atoms with E-state index >= 15 is 0 Å². The van der Waals surface area contributed by atoms with Crippen LogP contribution in [-0.4, -0.2) is 32.6 Å². The number of Topliss-reactive ketones (excluding diaryl/α,β-unsaturated/α-hetero) is 1. The second kappa shape index (κ2) is 10.3. The van der Waals surface area contributed by atoms with Gasteiger partial charge in [-0.2, -0.15) is 0 Å². The van der Waals surface area contributed by atoms with E-state index in [1.54, 1.807) is 39.3 Å². The molecular weight excluding hydrogens is 489 g/mol. The smallest absolute Gasteiger partial charge is 0.336 e. The minimum Gasteiger partial charge on any atom is -0.493 e. The predicted molar refractivity (Wildman–Crippen MR) is 135 cm³/mol. The molecule has 0 unspecified atom stereocenters. The van der Waals surface area contributed by atoms with E-state index in [4.69, 9.17) is 37.4 Å². The fourth-order valence-electron chi connectivity index (χ4n) is 4.91. The molecule has 8 heteroatoms. The number of esters is 1. The summed E-state index contributed by atoms with van der Waals surface area (Å²) in [5.41, 5.74) is 3.96. The monoisotopic (exact) mass is 515 g/mol. The van der Waals surface area contributed by atoms with Crippen molar-refractivity contribution in [2.24, 2.45) is 0 Å². The molecular formula is C27H27Cl2NO5. The third kappa shape index (κ3) is 4.78. The highest BCUT2D eigenvalue weighted by Crippen LogP contribution is 2.48. The molecule has 0 saturated heterocycles. The van der Waals surface area contributed by atoms with Crippen LogP contribution in [-0.2, 0) is 14.3 Å². The van der Waals surface area contributed by atoms with Crippen LogP contribution in [0.15, 0.2) is 58.9 Å². The van der Waals surface area contributed by atoms with Gasteiger partial charge in [0.25, 0.3) is 0 Å². The van der Waals surface area contributed by atoms with Crippen LogP contribution < -0.4 is 14.8 Å². The maximum absolute atomic E-state index is 13.7. The average Bonchev–Trinajstić information content (AvgIpc) is 2.82. The fourth-order valence-corrected chi connectivity index (χ4v) is 5.43. The second-order valence-electron chi connectivity index (χ2n) is 8.52. The lowest BCUT2D eigenvalue weighted by atomic mass is 9.71. The molecule has 1 heterocycles. The van der Waals surface area contributed by atoms with Crippen LogP contribution in [0.25, 0.3) is 0 Å². The number of ketones is 1. The number of rotatable bonds is 6. The molecule has 2 aromatic carbocycles. The van der Waals surface area contributed by atoms with Crippen molar-refractivity contribution in [3.63, 3.8) is 0 Å². The normalized spacial score (nSPS) is 19.8. The Bertz CT molecular complexity index is 1250. The minimum absolute atomic E-state index is 0.0520. The second-order valence-corrected chi connectivity index (χ2v) is 9.36. The van der Waals surface area contributed by atoms with E-state index in [2.05, 4.69) is 5.32 Å². The van der Waals surface area contributed by atoms with Crippen molar-refractivity contribution in [2.75, 3.05) is 20.8 Å². The predicted octanol–water partition coefficient (Wildman–Crippen LogP) is 5.94. The first kappa shape index (κ1) is 25.1. The third-order valence-electron chi connectivity index (χ3n) is 6.48. The Hall–Kier alpha value is -2.96. The summed E-state index contributed by atoms with van der Waals surface area (Å²) < 4.78 is 16.2. The van der Waals surface area contributed by atoms with Crippen molar-refractivity contribution in [1.29, 1.82) is 0 Å². The Morgan fingerprint density at radius 3 is 2.46 bits per heavy atom. The zero-order valence-corrected chi connectivity index (χ0v) is 21.5. The van der Waals surface area contributed by atoms with Crippen LogP contribution in [0.2, 0.25) is 10.0 Å². The third-order valence-corrected chi connectivity index (χ3v) is 7.04. The van der Waals surface area contributed by atoms with Crippen molar-refractivity contribution < 1.29 is 23.8 Å². The van der Waals surface area contributed by atoms with Crippen molar-refractivity contribution in [3.05, 3.63) is 80.1 Å². The fraction of sp³-hybridized carbons (Fsp3) is 0.333. The Morgan fingerprint density at radius 2 is 1.80 bits per heavy atom. The van der Waals surface area contributed by atoms with E-state index in [1.807, 2.05) is 25.1 Å². The Balaban J connectivity index is 1.80. The van der Waals surface area contributed by atoms with E-state index in [0.717, 1.165) is 11.3 Å². The minimum atomic E-state index is -0.645. The number of carbonyl (C=O) groups excluding carboxylic acids is 2. The van der Waals surface area contributed by atoms with Crippen molar-refractivity contribution >= 4 is 35.0 Å². The van der Waals surface area contributed by atoms with Gasteiger partial charge in [-0.3, -0.25) is 4.79 Å². The topological polar surface area (TPSA) is 73.9 Å². The molecule has 1 aliphatic carbocycles.